The van der Waals surface area contributed by atoms with Gasteiger partial charge in [0, 0.05) is 6.54 Å². The van der Waals surface area contributed by atoms with Crippen LogP contribution in [0.5, 0.6) is 5.75 Å². The van der Waals surface area contributed by atoms with E-state index in [1.54, 1.807) is 7.11 Å². The van der Waals surface area contributed by atoms with Crippen LogP contribution in [0.15, 0.2) is 22.7 Å². The van der Waals surface area contributed by atoms with Crippen molar-refractivity contribution in [1.29, 1.82) is 0 Å². The molecule has 1 rings (SSSR count). The number of amides is 1. The lowest BCUT2D eigenvalue weighted by molar-refractivity contribution is -0.126. The molecule has 0 aliphatic rings. The molecule has 1 atom stereocenters. The van der Waals surface area contributed by atoms with Gasteiger partial charge in [0.25, 0.3) is 0 Å². The Morgan fingerprint density at radius 2 is 2.26 bits per heavy atom. The number of carbonyl (C=O) groups excluding carboxylic acids is 1. The van der Waals surface area contributed by atoms with E-state index in [2.05, 4.69) is 21.2 Å². The number of hydrogen-bond acceptors (Lipinski definition) is 4. The number of hydrogen-bond donors (Lipinski definition) is 2. The number of methoxy groups -OCH3 is 1. The number of nitrogens with one attached hydrogen (secondary N) is 1. The zero-order valence-electron chi connectivity index (χ0n) is 11.1. The lowest BCUT2D eigenvalue weighted by Crippen LogP contribution is -2.30. The highest BCUT2D eigenvalue weighted by Gasteiger charge is 2.11. The summed E-state index contributed by atoms with van der Waals surface area (Å²) in [5, 5.41) is 2.85. The van der Waals surface area contributed by atoms with E-state index >= 15 is 0 Å². The van der Waals surface area contributed by atoms with Gasteiger partial charge in [-0.15, -0.1) is 0 Å². The molecular formula is C13H19BrN2O3. The second-order valence-corrected chi connectivity index (χ2v) is 4.88. The monoisotopic (exact) mass is 330 g/mol. The minimum Gasteiger partial charge on any atom is -0.496 e. The third-order valence-electron chi connectivity index (χ3n) is 2.55. The van der Waals surface area contributed by atoms with E-state index in [0.29, 0.717) is 13.2 Å². The van der Waals surface area contributed by atoms with Crippen molar-refractivity contribution in [1.82, 2.24) is 5.32 Å². The fraction of sp³-hybridized carbons (Fsp3) is 0.462. The molecule has 0 aromatic heterocycles. The van der Waals surface area contributed by atoms with Crippen LogP contribution < -0.4 is 15.8 Å². The van der Waals surface area contributed by atoms with E-state index in [0.717, 1.165) is 15.8 Å². The van der Waals surface area contributed by atoms with Gasteiger partial charge in [0.05, 0.1) is 24.2 Å². The van der Waals surface area contributed by atoms with E-state index in [9.17, 15) is 4.79 Å². The normalized spacial score (nSPS) is 12.0. The van der Waals surface area contributed by atoms with Gasteiger partial charge in [0.2, 0.25) is 5.91 Å². The summed E-state index contributed by atoms with van der Waals surface area (Å²) >= 11 is 3.42. The summed E-state index contributed by atoms with van der Waals surface area (Å²) in [4.78, 5) is 11.6. The molecule has 0 heterocycles. The molecule has 0 fully saturated rings. The molecule has 5 nitrogen and oxygen atoms in total. The Morgan fingerprint density at radius 3 is 2.84 bits per heavy atom. The number of halogens is 1. The first-order valence-corrected chi connectivity index (χ1v) is 6.78. The average molecular weight is 331 g/mol. The summed E-state index contributed by atoms with van der Waals surface area (Å²) in [6, 6.07) is 5.59. The molecule has 0 radical (unpaired) electrons. The van der Waals surface area contributed by atoms with E-state index in [1.807, 2.05) is 25.1 Å². The molecule has 0 bridgehead atoms. The van der Waals surface area contributed by atoms with Crippen LogP contribution in [0.3, 0.4) is 0 Å². The summed E-state index contributed by atoms with van der Waals surface area (Å²) in [6.07, 6.45) is 0. The van der Waals surface area contributed by atoms with Gasteiger partial charge < -0.3 is 20.5 Å². The van der Waals surface area contributed by atoms with Crippen LogP contribution in [0, 0.1) is 0 Å². The van der Waals surface area contributed by atoms with Crippen molar-refractivity contribution in [2.24, 2.45) is 5.73 Å². The van der Waals surface area contributed by atoms with E-state index < -0.39 is 0 Å². The van der Waals surface area contributed by atoms with Gasteiger partial charge in [-0.25, -0.2) is 0 Å². The average Bonchev–Trinajstić information content (AvgIpc) is 2.38. The van der Waals surface area contributed by atoms with Gasteiger partial charge in [-0.3, -0.25) is 4.79 Å². The maximum absolute atomic E-state index is 11.6. The van der Waals surface area contributed by atoms with Crippen LogP contribution in [-0.4, -0.2) is 32.8 Å². The minimum atomic E-state index is -0.159. The van der Waals surface area contributed by atoms with E-state index in [1.165, 1.54) is 0 Å². The molecule has 0 aliphatic heterocycles. The molecular weight excluding hydrogens is 312 g/mol. The number of ether oxygens (including phenoxy) is 2. The SMILES string of the molecule is COc1ccc(C(C)NC(=O)COCCN)cc1Br. The summed E-state index contributed by atoms with van der Waals surface area (Å²) in [5.74, 6) is 0.599. The molecule has 6 heteroatoms. The highest BCUT2D eigenvalue weighted by molar-refractivity contribution is 9.10. The van der Waals surface area contributed by atoms with Gasteiger partial charge in [0.15, 0.2) is 0 Å². The predicted octanol–water partition coefficient (Wildman–Crippen LogP) is 1.61. The first-order chi connectivity index (χ1) is 9.08. The Balaban J connectivity index is 2.55. The Hall–Kier alpha value is -1.11. The van der Waals surface area contributed by atoms with Crippen LogP contribution in [0.4, 0.5) is 0 Å². The van der Waals surface area contributed by atoms with Crippen molar-refractivity contribution >= 4 is 21.8 Å². The molecule has 0 spiro atoms. The number of nitrogens with two attached hydrogens (primary N) is 1. The maximum Gasteiger partial charge on any atom is 0.246 e. The number of benzene rings is 1. The van der Waals surface area contributed by atoms with Crippen molar-refractivity contribution in [2.75, 3.05) is 26.9 Å². The van der Waals surface area contributed by atoms with E-state index in [4.69, 9.17) is 15.2 Å². The Morgan fingerprint density at radius 1 is 1.53 bits per heavy atom. The Bertz CT molecular complexity index is 426. The molecule has 0 aliphatic carbocycles. The topological polar surface area (TPSA) is 73.6 Å². The first kappa shape index (κ1) is 15.9. The summed E-state index contributed by atoms with van der Waals surface area (Å²) in [6.45, 7) is 2.73. The van der Waals surface area contributed by atoms with Gasteiger partial charge in [-0.2, -0.15) is 0 Å². The first-order valence-electron chi connectivity index (χ1n) is 5.99. The third kappa shape index (κ3) is 5.18. The molecule has 106 valence electrons. The zero-order valence-corrected chi connectivity index (χ0v) is 12.7. The van der Waals surface area contributed by atoms with Crippen LogP contribution >= 0.6 is 15.9 Å². The molecule has 3 N–H and O–H groups in total. The molecule has 1 aromatic carbocycles. The smallest absolute Gasteiger partial charge is 0.246 e. The third-order valence-corrected chi connectivity index (χ3v) is 3.17. The molecule has 1 unspecified atom stereocenters. The fourth-order valence-corrected chi connectivity index (χ4v) is 2.13. The number of rotatable bonds is 7. The molecule has 0 saturated heterocycles. The van der Waals surface area contributed by atoms with Gasteiger partial charge in [-0.1, -0.05) is 6.07 Å². The van der Waals surface area contributed by atoms with Crippen molar-refractivity contribution in [3.63, 3.8) is 0 Å². The summed E-state index contributed by atoms with van der Waals surface area (Å²) in [7, 11) is 1.61. The van der Waals surface area contributed by atoms with Gasteiger partial charge in [-0.05, 0) is 40.5 Å². The van der Waals surface area contributed by atoms with Crippen LogP contribution in [0.2, 0.25) is 0 Å². The second-order valence-electron chi connectivity index (χ2n) is 4.02. The second kappa shape index (κ2) is 8.14. The standard InChI is InChI=1S/C13H19BrN2O3/c1-9(16-13(17)8-19-6-5-15)10-3-4-12(18-2)11(14)7-10/h3-4,7,9H,5-6,8,15H2,1-2H3,(H,16,17). The van der Waals surface area contributed by atoms with Gasteiger partial charge in [0.1, 0.15) is 12.4 Å². The predicted molar refractivity (Wildman–Crippen MR) is 77.1 cm³/mol. The maximum atomic E-state index is 11.6. The lowest BCUT2D eigenvalue weighted by Gasteiger charge is -2.15. The van der Waals surface area contributed by atoms with Crippen LogP contribution in [-0.2, 0) is 9.53 Å². The van der Waals surface area contributed by atoms with Crippen LogP contribution in [0.25, 0.3) is 0 Å². The fourth-order valence-electron chi connectivity index (χ4n) is 1.57. The summed E-state index contributed by atoms with van der Waals surface area (Å²) in [5.41, 5.74) is 6.26. The van der Waals surface area contributed by atoms with Gasteiger partial charge >= 0.3 is 0 Å². The van der Waals surface area contributed by atoms with Crippen molar-refractivity contribution < 1.29 is 14.3 Å². The van der Waals surface area contributed by atoms with Crippen molar-refractivity contribution in [3.05, 3.63) is 28.2 Å². The zero-order chi connectivity index (χ0) is 14.3. The highest BCUT2D eigenvalue weighted by atomic mass is 79.9. The summed E-state index contributed by atoms with van der Waals surface area (Å²) < 4.78 is 11.1. The van der Waals surface area contributed by atoms with E-state index in [-0.39, 0.29) is 18.6 Å². The minimum absolute atomic E-state index is 0.0267. The molecule has 1 amide bonds. The number of carbonyl (C=O) groups is 1. The lowest BCUT2D eigenvalue weighted by atomic mass is 10.1. The molecule has 19 heavy (non-hydrogen) atoms. The molecule has 0 saturated carbocycles. The largest absolute Gasteiger partial charge is 0.496 e. The van der Waals surface area contributed by atoms with Crippen molar-refractivity contribution in [3.8, 4) is 5.75 Å². The molecule has 1 aromatic rings. The Labute approximate surface area is 121 Å². The van der Waals surface area contributed by atoms with Crippen molar-refractivity contribution in [2.45, 2.75) is 13.0 Å². The highest BCUT2D eigenvalue weighted by Crippen LogP contribution is 2.27. The quantitative estimate of drug-likeness (QED) is 0.745. The Kier molecular flexibility index (Phi) is 6.83. The van der Waals surface area contributed by atoms with Crippen LogP contribution in [0.1, 0.15) is 18.5 Å².